The summed E-state index contributed by atoms with van der Waals surface area (Å²) in [7, 11) is 0. The van der Waals surface area contributed by atoms with E-state index >= 15 is 0 Å². The predicted molar refractivity (Wildman–Crippen MR) is 93.0 cm³/mol. The van der Waals surface area contributed by atoms with Crippen LogP contribution in [0.5, 0.6) is 0 Å². The molecule has 4 nitrogen and oxygen atoms in total. The van der Waals surface area contributed by atoms with Crippen molar-refractivity contribution in [1.29, 1.82) is 0 Å². The number of hydrogen-bond donors (Lipinski definition) is 1. The zero-order valence-electron chi connectivity index (χ0n) is 12.5. The Morgan fingerprint density at radius 2 is 1.91 bits per heavy atom. The van der Waals surface area contributed by atoms with E-state index in [9.17, 15) is 4.79 Å². The Labute approximate surface area is 138 Å². The molecule has 0 unspecified atom stereocenters. The molecular weight excluding hydrogens is 310 g/mol. The van der Waals surface area contributed by atoms with Gasteiger partial charge in [-0.25, -0.2) is 5.43 Å². The molecule has 0 radical (unpaired) electrons. The number of aromatic nitrogens is 1. The summed E-state index contributed by atoms with van der Waals surface area (Å²) >= 11 is 5.83. The van der Waals surface area contributed by atoms with Crippen molar-refractivity contribution < 1.29 is 4.79 Å². The van der Waals surface area contributed by atoms with Crippen LogP contribution in [0.15, 0.2) is 59.7 Å². The van der Waals surface area contributed by atoms with Crippen LogP contribution in [0.4, 0.5) is 0 Å². The fraction of sp³-hybridized carbons (Fsp3) is 0.0556. The average molecular weight is 324 g/mol. The maximum absolute atomic E-state index is 12.4. The number of hydrogen-bond acceptors (Lipinski definition) is 3. The summed E-state index contributed by atoms with van der Waals surface area (Å²) in [6.45, 7) is 1.86. The van der Waals surface area contributed by atoms with Crippen LogP contribution < -0.4 is 5.43 Å². The van der Waals surface area contributed by atoms with Gasteiger partial charge in [0.2, 0.25) is 0 Å². The summed E-state index contributed by atoms with van der Waals surface area (Å²) in [4.78, 5) is 16.8. The van der Waals surface area contributed by atoms with Crippen molar-refractivity contribution >= 4 is 34.6 Å². The highest BCUT2D eigenvalue weighted by atomic mass is 35.5. The molecule has 1 amide bonds. The lowest BCUT2D eigenvalue weighted by Gasteiger charge is -2.06. The van der Waals surface area contributed by atoms with Gasteiger partial charge in [0.05, 0.1) is 17.3 Å². The van der Waals surface area contributed by atoms with Gasteiger partial charge in [0, 0.05) is 16.1 Å². The monoisotopic (exact) mass is 323 g/mol. The number of hydrazone groups is 1. The molecule has 0 atom stereocenters. The number of benzene rings is 2. The molecule has 0 aliphatic rings. The number of pyridine rings is 1. The molecule has 2 aromatic carbocycles. The number of rotatable bonds is 3. The molecule has 1 heterocycles. The highest BCUT2D eigenvalue weighted by Gasteiger charge is 2.10. The lowest BCUT2D eigenvalue weighted by Crippen LogP contribution is -2.18. The number of amides is 1. The molecule has 0 aliphatic heterocycles. The summed E-state index contributed by atoms with van der Waals surface area (Å²) in [6.07, 6.45) is 1.57. The van der Waals surface area contributed by atoms with Crippen LogP contribution in [0.2, 0.25) is 5.02 Å². The van der Waals surface area contributed by atoms with Gasteiger partial charge < -0.3 is 0 Å². The summed E-state index contributed by atoms with van der Waals surface area (Å²) in [5.74, 6) is -0.267. The lowest BCUT2D eigenvalue weighted by molar-refractivity contribution is 0.0956. The minimum absolute atomic E-state index is 0.267. The molecule has 0 saturated heterocycles. The third-order valence-electron chi connectivity index (χ3n) is 3.34. The first-order valence-electron chi connectivity index (χ1n) is 7.09. The second-order valence-electron chi connectivity index (χ2n) is 5.08. The highest BCUT2D eigenvalue weighted by molar-refractivity contribution is 6.30. The van der Waals surface area contributed by atoms with E-state index in [4.69, 9.17) is 11.6 Å². The maximum atomic E-state index is 12.4. The number of carbonyl (C=O) groups excluding carboxylic acids is 1. The van der Waals surface area contributed by atoms with Crippen molar-refractivity contribution in [3.05, 3.63) is 76.4 Å². The van der Waals surface area contributed by atoms with E-state index in [0.29, 0.717) is 10.6 Å². The van der Waals surface area contributed by atoms with Crippen LogP contribution in [0, 0.1) is 6.92 Å². The van der Waals surface area contributed by atoms with E-state index in [-0.39, 0.29) is 5.91 Å². The standard InChI is InChI=1S/C18H14ClN3O/c1-12-10-16(15-4-2-3-5-17(15)21-12)18(23)22-20-11-13-6-8-14(19)9-7-13/h2-11H,1H3,(H,22,23)/b20-11+. The smallest absolute Gasteiger partial charge is 0.267 e. The molecule has 1 N–H and O–H groups in total. The van der Waals surface area contributed by atoms with E-state index in [1.807, 2.05) is 43.3 Å². The molecule has 0 fully saturated rings. The van der Waals surface area contributed by atoms with Gasteiger partial charge in [-0.1, -0.05) is 41.9 Å². The molecule has 114 valence electrons. The quantitative estimate of drug-likeness (QED) is 0.586. The molecular formula is C18H14ClN3O. The number of nitrogens with one attached hydrogen (secondary N) is 1. The molecule has 0 spiro atoms. The second-order valence-corrected chi connectivity index (χ2v) is 5.52. The van der Waals surface area contributed by atoms with E-state index in [0.717, 1.165) is 22.2 Å². The second kappa shape index (κ2) is 6.58. The Hall–Kier alpha value is -2.72. The normalized spacial score (nSPS) is 11.0. The first-order valence-corrected chi connectivity index (χ1v) is 7.46. The Balaban J connectivity index is 1.82. The van der Waals surface area contributed by atoms with Crippen molar-refractivity contribution in [2.24, 2.45) is 5.10 Å². The molecule has 1 aromatic heterocycles. The summed E-state index contributed by atoms with van der Waals surface area (Å²) in [5.41, 5.74) is 5.54. The van der Waals surface area contributed by atoms with Gasteiger partial charge in [-0.05, 0) is 36.8 Å². The van der Waals surface area contributed by atoms with Gasteiger partial charge in [-0.2, -0.15) is 5.10 Å². The van der Waals surface area contributed by atoms with Gasteiger partial charge in [0.1, 0.15) is 0 Å². The molecule has 3 rings (SSSR count). The predicted octanol–water partition coefficient (Wildman–Crippen LogP) is 3.96. The Bertz CT molecular complexity index is 888. The third-order valence-corrected chi connectivity index (χ3v) is 3.59. The number of fused-ring (bicyclic) bond motifs is 1. The fourth-order valence-electron chi connectivity index (χ4n) is 2.27. The van der Waals surface area contributed by atoms with Crippen molar-refractivity contribution in [3.63, 3.8) is 0 Å². The molecule has 0 bridgehead atoms. The van der Waals surface area contributed by atoms with Gasteiger partial charge in [-0.15, -0.1) is 0 Å². The first kappa shape index (κ1) is 15.2. The maximum Gasteiger partial charge on any atom is 0.272 e. The zero-order valence-corrected chi connectivity index (χ0v) is 13.2. The molecule has 3 aromatic rings. The van der Waals surface area contributed by atoms with Gasteiger partial charge >= 0.3 is 0 Å². The van der Waals surface area contributed by atoms with Gasteiger partial charge in [0.15, 0.2) is 0 Å². The van der Waals surface area contributed by atoms with E-state index < -0.39 is 0 Å². The van der Waals surface area contributed by atoms with Crippen molar-refractivity contribution in [3.8, 4) is 0 Å². The average Bonchev–Trinajstić information content (AvgIpc) is 2.55. The minimum atomic E-state index is -0.267. The first-order chi connectivity index (χ1) is 11.1. The van der Waals surface area contributed by atoms with Crippen LogP contribution in [0.3, 0.4) is 0 Å². The van der Waals surface area contributed by atoms with Crippen LogP contribution in [-0.2, 0) is 0 Å². The highest BCUT2D eigenvalue weighted by Crippen LogP contribution is 2.18. The van der Waals surface area contributed by atoms with Crippen LogP contribution in [0.1, 0.15) is 21.6 Å². The van der Waals surface area contributed by atoms with Crippen molar-refractivity contribution in [1.82, 2.24) is 10.4 Å². The summed E-state index contributed by atoms with van der Waals surface area (Å²) in [5, 5.41) is 5.46. The van der Waals surface area contributed by atoms with Crippen LogP contribution in [0.25, 0.3) is 10.9 Å². The van der Waals surface area contributed by atoms with E-state index in [1.165, 1.54) is 0 Å². The zero-order chi connectivity index (χ0) is 16.2. The number of nitrogens with zero attached hydrogens (tertiary/aromatic N) is 2. The van der Waals surface area contributed by atoms with Gasteiger partial charge in [0.25, 0.3) is 5.91 Å². The Morgan fingerprint density at radius 1 is 1.17 bits per heavy atom. The third kappa shape index (κ3) is 3.55. The summed E-state index contributed by atoms with van der Waals surface area (Å²) < 4.78 is 0. The molecule has 5 heteroatoms. The van der Waals surface area contributed by atoms with E-state index in [2.05, 4.69) is 15.5 Å². The Morgan fingerprint density at radius 3 is 2.70 bits per heavy atom. The minimum Gasteiger partial charge on any atom is -0.267 e. The van der Waals surface area contributed by atoms with Crippen molar-refractivity contribution in [2.75, 3.05) is 0 Å². The van der Waals surface area contributed by atoms with Crippen molar-refractivity contribution in [2.45, 2.75) is 6.92 Å². The molecule has 0 aliphatic carbocycles. The number of aryl methyl sites for hydroxylation is 1. The number of para-hydroxylation sites is 1. The van der Waals surface area contributed by atoms with Gasteiger partial charge in [-0.3, -0.25) is 9.78 Å². The lowest BCUT2D eigenvalue weighted by atomic mass is 10.1. The van der Waals surface area contributed by atoms with Crippen LogP contribution in [-0.4, -0.2) is 17.1 Å². The number of carbonyl (C=O) groups is 1. The fourth-order valence-corrected chi connectivity index (χ4v) is 2.40. The SMILES string of the molecule is Cc1cc(C(=O)N/N=C/c2ccc(Cl)cc2)c2ccccc2n1. The van der Waals surface area contributed by atoms with Crippen LogP contribution >= 0.6 is 11.6 Å². The molecule has 0 saturated carbocycles. The largest absolute Gasteiger partial charge is 0.272 e. The summed E-state index contributed by atoms with van der Waals surface area (Å²) in [6, 6.07) is 16.5. The topological polar surface area (TPSA) is 54.4 Å². The molecule has 23 heavy (non-hydrogen) atoms. The van der Waals surface area contributed by atoms with E-state index in [1.54, 1.807) is 24.4 Å². The number of halogens is 1. The Kier molecular flexibility index (Phi) is 4.35.